The fourth-order valence-corrected chi connectivity index (χ4v) is 3.03. The highest BCUT2D eigenvalue weighted by Gasteiger charge is 2.15. The van der Waals surface area contributed by atoms with Crippen LogP contribution in [-0.4, -0.2) is 5.91 Å². The Morgan fingerprint density at radius 2 is 1.65 bits per heavy atom. The lowest BCUT2D eigenvalue weighted by Gasteiger charge is -2.17. The molecule has 0 unspecified atom stereocenters. The summed E-state index contributed by atoms with van der Waals surface area (Å²) in [5.41, 5.74) is 2.99. The quantitative estimate of drug-likeness (QED) is 0.730. The van der Waals surface area contributed by atoms with Crippen LogP contribution in [0.5, 0.6) is 0 Å². The highest BCUT2D eigenvalue weighted by atomic mass is 16.1. The summed E-state index contributed by atoms with van der Waals surface area (Å²) in [7, 11) is 0. The normalized spacial score (nSPS) is 12.1. The van der Waals surface area contributed by atoms with Crippen LogP contribution in [0.1, 0.15) is 41.4 Å². The van der Waals surface area contributed by atoms with E-state index in [1.165, 1.54) is 10.8 Å². The molecule has 2 heteroatoms. The molecule has 3 aromatic rings. The Kier molecular flexibility index (Phi) is 4.42. The van der Waals surface area contributed by atoms with Gasteiger partial charge in [0, 0.05) is 5.56 Å². The van der Waals surface area contributed by atoms with E-state index in [4.69, 9.17) is 0 Å². The first-order valence-electron chi connectivity index (χ1n) is 8.07. The largest absolute Gasteiger partial charge is 0.345 e. The minimum absolute atomic E-state index is 0.0112. The number of carbonyl (C=O) groups is 1. The summed E-state index contributed by atoms with van der Waals surface area (Å²) in [5.74, 6) is -0.0112. The second-order valence-corrected chi connectivity index (χ2v) is 5.77. The summed E-state index contributed by atoms with van der Waals surface area (Å²) in [4.78, 5) is 12.6. The number of nitrogens with one attached hydrogen (secondary N) is 1. The van der Waals surface area contributed by atoms with Crippen LogP contribution in [0.4, 0.5) is 0 Å². The molecule has 2 nitrogen and oxygen atoms in total. The fourth-order valence-electron chi connectivity index (χ4n) is 3.03. The van der Waals surface area contributed by atoms with Crippen LogP contribution in [-0.2, 0) is 6.42 Å². The van der Waals surface area contributed by atoms with Crippen molar-refractivity contribution in [1.82, 2.24) is 5.32 Å². The maximum Gasteiger partial charge on any atom is 0.252 e. The van der Waals surface area contributed by atoms with Crippen molar-refractivity contribution in [3.05, 3.63) is 83.4 Å². The van der Waals surface area contributed by atoms with E-state index in [1.54, 1.807) is 0 Å². The number of benzene rings is 3. The summed E-state index contributed by atoms with van der Waals surface area (Å²) < 4.78 is 0. The average molecular weight is 303 g/mol. The van der Waals surface area contributed by atoms with Gasteiger partial charge in [0.25, 0.3) is 5.91 Å². The van der Waals surface area contributed by atoms with E-state index < -0.39 is 0 Å². The van der Waals surface area contributed by atoms with Crippen LogP contribution in [0.15, 0.2) is 66.7 Å². The number of hydrogen-bond donors (Lipinski definition) is 1. The molecule has 0 saturated carbocycles. The van der Waals surface area contributed by atoms with Crippen molar-refractivity contribution in [1.29, 1.82) is 0 Å². The third-order valence-electron chi connectivity index (χ3n) is 4.28. The van der Waals surface area contributed by atoms with Gasteiger partial charge in [0.15, 0.2) is 0 Å². The lowest BCUT2D eigenvalue weighted by molar-refractivity contribution is 0.0939. The number of hydrogen-bond acceptors (Lipinski definition) is 1. The molecule has 0 bridgehead atoms. The van der Waals surface area contributed by atoms with Gasteiger partial charge in [0.1, 0.15) is 0 Å². The zero-order chi connectivity index (χ0) is 16.2. The van der Waals surface area contributed by atoms with Crippen molar-refractivity contribution in [3.8, 4) is 0 Å². The zero-order valence-electron chi connectivity index (χ0n) is 13.5. The second-order valence-electron chi connectivity index (χ2n) is 5.77. The molecule has 3 aromatic carbocycles. The van der Waals surface area contributed by atoms with E-state index >= 15 is 0 Å². The molecule has 0 spiro atoms. The van der Waals surface area contributed by atoms with Crippen molar-refractivity contribution in [2.24, 2.45) is 0 Å². The Labute approximate surface area is 137 Å². The summed E-state index contributed by atoms with van der Waals surface area (Å²) in [6.45, 7) is 4.11. The van der Waals surface area contributed by atoms with Gasteiger partial charge < -0.3 is 5.32 Å². The summed E-state index contributed by atoms with van der Waals surface area (Å²) in [5, 5.41) is 5.52. The van der Waals surface area contributed by atoms with Crippen LogP contribution in [0, 0.1) is 0 Å². The van der Waals surface area contributed by atoms with Crippen molar-refractivity contribution >= 4 is 16.7 Å². The van der Waals surface area contributed by atoms with Crippen molar-refractivity contribution in [3.63, 3.8) is 0 Å². The van der Waals surface area contributed by atoms with Gasteiger partial charge in [-0.25, -0.2) is 0 Å². The average Bonchev–Trinajstić information content (AvgIpc) is 2.61. The Bertz CT molecular complexity index is 833. The highest BCUT2D eigenvalue weighted by molar-refractivity contribution is 5.96. The molecular formula is C21H21NO. The van der Waals surface area contributed by atoms with Crippen molar-refractivity contribution in [2.45, 2.75) is 26.3 Å². The topological polar surface area (TPSA) is 29.1 Å². The molecule has 0 aromatic heterocycles. The number of fused-ring (bicyclic) bond motifs is 1. The number of amides is 1. The first kappa shape index (κ1) is 15.3. The molecule has 0 saturated heterocycles. The van der Waals surface area contributed by atoms with Gasteiger partial charge in [-0.2, -0.15) is 0 Å². The molecule has 0 heterocycles. The first-order valence-corrected chi connectivity index (χ1v) is 8.07. The lowest BCUT2D eigenvalue weighted by Crippen LogP contribution is -2.27. The van der Waals surface area contributed by atoms with E-state index in [-0.39, 0.29) is 11.9 Å². The maximum atomic E-state index is 12.6. The molecule has 0 aliphatic carbocycles. The fraction of sp³-hybridized carbons (Fsp3) is 0.190. The first-order chi connectivity index (χ1) is 11.2. The van der Waals surface area contributed by atoms with Crippen LogP contribution in [0.3, 0.4) is 0 Å². The maximum absolute atomic E-state index is 12.6. The zero-order valence-corrected chi connectivity index (χ0v) is 13.5. The third kappa shape index (κ3) is 3.11. The Hall–Kier alpha value is -2.61. The molecule has 0 aliphatic heterocycles. The predicted octanol–water partition coefficient (Wildman–Crippen LogP) is 4.89. The standard InChI is InChI=1S/C21H21NO/c1-3-16-9-4-7-13-20(16)21(23)22-15(2)18-14-8-11-17-10-5-6-12-19(17)18/h4-15H,3H2,1-2H3,(H,22,23)/t15-/m1/s1. The van der Waals surface area contributed by atoms with E-state index in [1.807, 2.05) is 49.4 Å². The minimum Gasteiger partial charge on any atom is -0.345 e. The van der Waals surface area contributed by atoms with Gasteiger partial charge >= 0.3 is 0 Å². The van der Waals surface area contributed by atoms with E-state index in [0.717, 1.165) is 23.1 Å². The lowest BCUT2D eigenvalue weighted by atomic mass is 9.99. The molecule has 23 heavy (non-hydrogen) atoms. The van der Waals surface area contributed by atoms with Gasteiger partial charge in [0.2, 0.25) is 0 Å². The Morgan fingerprint density at radius 3 is 2.48 bits per heavy atom. The summed E-state index contributed by atoms with van der Waals surface area (Å²) in [6.07, 6.45) is 0.853. The molecule has 116 valence electrons. The Morgan fingerprint density at radius 1 is 0.957 bits per heavy atom. The van der Waals surface area contributed by atoms with Crippen molar-refractivity contribution < 1.29 is 4.79 Å². The highest BCUT2D eigenvalue weighted by Crippen LogP contribution is 2.24. The van der Waals surface area contributed by atoms with Gasteiger partial charge in [-0.05, 0) is 41.3 Å². The molecule has 3 rings (SSSR count). The van der Waals surface area contributed by atoms with Crippen LogP contribution in [0.2, 0.25) is 0 Å². The smallest absolute Gasteiger partial charge is 0.252 e. The second kappa shape index (κ2) is 6.66. The van der Waals surface area contributed by atoms with E-state index in [9.17, 15) is 4.79 Å². The SMILES string of the molecule is CCc1ccccc1C(=O)N[C@H](C)c1cccc2ccccc12. The molecule has 0 fully saturated rings. The van der Waals surface area contributed by atoms with E-state index in [2.05, 4.69) is 36.5 Å². The molecule has 1 N–H and O–H groups in total. The predicted molar refractivity (Wildman–Crippen MR) is 95.6 cm³/mol. The molecule has 0 radical (unpaired) electrons. The number of carbonyl (C=O) groups excluding carboxylic acids is 1. The number of rotatable bonds is 4. The summed E-state index contributed by atoms with van der Waals surface area (Å²) in [6, 6.07) is 22.2. The summed E-state index contributed by atoms with van der Waals surface area (Å²) >= 11 is 0. The van der Waals surface area contributed by atoms with Crippen LogP contribution >= 0.6 is 0 Å². The molecule has 0 aliphatic rings. The third-order valence-corrected chi connectivity index (χ3v) is 4.28. The van der Waals surface area contributed by atoms with Gasteiger partial charge in [-0.1, -0.05) is 67.6 Å². The Balaban J connectivity index is 1.89. The number of aryl methyl sites for hydroxylation is 1. The van der Waals surface area contributed by atoms with Gasteiger partial charge in [-0.15, -0.1) is 0 Å². The molecule has 1 amide bonds. The minimum atomic E-state index is -0.0430. The molecule has 1 atom stereocenters. The van der Waals surface area contributed by atoms with Crippen molar-refractivity contribution in [2.75, 3.05) is 0 Å². The monoisotopic (exact) mass is 303 g/mol. The van der Waals surface area contributed by atoms with Crippen LogP contribution < -0.4 is 5.32 Å². The molecular weight excluding hydrogens is 282 g/mol. The van der Waals surface area contributed by atoms with Gasteiger partial charge in [0.05, 0.1) is 6.04 Å². The van der Waals surface area contributed by atoms with Gasteiger partial charge in [-0.3, -0.25) is 4.79 Å². The van der Waals surface area contributed by atoms with Crippen LogP contribution in [0.25, 0.3) is 10.8 Å². The van der Waals surface area contributed by atoms with E-state index in [0.29, 0.717) is 0 Å².